The van der Waals surface area contributed by atoms with Gasteiger partial charge in [0.05, 0.1) is 5.57 Å². The summed E-state index contributed by atoms with van der Waals surface area (Å²) in [6.07, 6.45) is -3.85. The van der Waals surface area contributed by atoms with Crippen LogP contribution in [0.4, 0.5) is 13.2 Å². The van der Waals surface area contributed by atoms with Crippen LogP contribution in [-0.4, -0.2) is 30.1 Å². The number of carbonyl (C=O) groups excluding carboxylic acids is 1. The molecular formula is C16H20F3NO. The van der Waals surface area contributed by atoms with E-state index in [-0.39, 0.29) is 11.6 Å². The first-order valence-electron chi connectivity index (χ1n) is 7.01. The molecule has 0 aromatic heterocycles. The van der Waals surface area contributed by atoms with E-state index in [4.69, 9.17) is 0 Å². The summed E-state index contributed by atoms with van der Waals surface area (Å²) in [5.74, 6) is -0.585. The van der Waals surface area contributed by atoms with Crippen LogP contribution in [0.25, 0.3) is 5.57 Å². The van der Waals surface area contributed by atoms with Gasteiger partial charge in [-0.25, -0.2) is 0 Å². The summed E-state index contributed by atoms with van der Waals surface area (Å²) in [6, 6.07) is 6.72. The number of hydrogen-bond donors (Lipinski definition) is 0. The van der Waals surface area contributed by atoms with Gasteiger partial charge in [0.15, 0.2) is 0 Å². The Hall–Kier alpha value is -1.78. The van der Waals surface area contributed by atoms with Crippen LogP contribution in [-0.2, 0) is 11.2 Å². The van der Waals surface area contributed by atoms with Crippen molar-refractivity contribution in [2.75, 3.05) is 13.1 Å². The van der Waals surface area contributed by atoms with Gasteiger partial charge in [-0.05, 0) is 31.4 Å². The van der Waals surface area contributed by atoms with Gasteiger partial charge < -0.3 is 4.90 Å². The first-order valence-corrected chi connectivity index (χ1v) is 7.01. The van der Waals surface area contributed by atoms with Gasteiger partial charge in [-0.3, -0.25) is 4.79 Å². The van der Waals surface area contributed by atoms with Crippen LogP contribution in [0.15, 0.2) is 30.3 Å². The maximum absolute atomic E-state index is 12.8. The Balaban J connectivity index is 3.40. The lowest BCUT2D eigenvalue weighted by molar-refractivity contribution is -0.125. The normalized spacial score (nSPS) is 12.4. The lowest BCUT2D eigenvalue weighted by atomic mass is 9.96. The van der Waals surface area contributed by atoms with E-state index in [0.29, 0.717) is 25.1 Å². The summed E-state index contributed by atoms with van der Waals surface area (Å²) in [6.45, 7) is 6.10. The number of hydrogen-bond acceptors (Lipinski definition) is 1. The minimum absolute atomic E-state index is 0.113. The van der Waals surface area contributed by atoms with Gasteiger partial charge in [0.25, 0.3) is 5.91 Å². The molecule has 0 N–H and O–H groups in total. The summed E-state index contributed by atoms with van der Waals surface area (Å²) in [5.41, 5.74) is 0.798. The van der Waals surface area contributed by atoms with Gasteiger partial charge in [0.1, 0.15) is 0 Å². The van der Waals surface area contributed by atoms with Crippen LogP contribution in [0.3, 0.4) is 0 Å². The van der Waals surface area contributed by atoms with Crippen LogP contribution >= 0.6 is 0 Å². The zero-order chi connectivity index (χ0) is 16.0. The molecule has 21 heavy (non-hydrogen) atoms. The van der Waals surface area contributed by atoms with Crippen LogP contribution in [0.5, 0.6) is 0 Å². The molecule has 5 heteroatoms. The molecule has 1 amide bonds. The Morgan fingerprint density at radius 3 is 2.19 bits per heavy atom. The molecule has 0 aliphatic rings. The number of carbonyl (C=O) groups is 1. The van der Waals surface area contributed by atoms with Gasteiger partial charge in [-0.1, -0.05) is 31.2 Å². The van der Waals surface area contributed by atoms with Gasteiger partial charge in [0.2, 0.25) is 0 Å². The van der Waals surface area contributed by atoms with Crippen molar-refractivity contribution >= 4 is 11.5 Å². The van der Waals surface area contributed by atoms with E-state index in [1.165, 1.54) is 4.90 Å². The molecule has 2 nitrogen and oxygen atoms in total. The Morgan fingerprint density at radius 2 is 1.71 bits per heavy atom. The van der Waals surface area contributed by atoms with Gasteiger partial charge in [-0.2, -0.15) is 13.2 Å². The fourth-order valence-corrected chi connectivity index (χ4v) is 2.19. The van der Waals surface area contributed by atoms with Crippen molar-refractivity contribution in [3.63, 3.8) is 0 Å². The van der Waals surface area contributed by atoms with E-state index in [0.717, 1.165) is 5.56 Å². The first-order chi connectivity index (χ1) is 9.84. The predicted molar refractivity (Wildman–Crippen MR) is 77.8 cm³/mol. The molecule has 1 aromatic rings. The summed E-state index contributed by atoms with van der Waals surface area (Å²) in [5, 5.41) is 0. The van der Waals surface area contributed by atoms with Crippen LogP contribution in [0.1, 0.15) is 31.9 Å². The molecule has 0 radical (unpaired) electrons. The fourth-order valence-electron chi connectivity index (χ4n) is 2.19. The quantitative estimate of drug-likeness (QED) is 0.751. The monoisotopic (exact) mass is 299 g/mol. The second kappa shape index (κ2) is 7.29. The minimum Gasteiger partial charge on any atom is -0.339 e. The van der Waals surface area contributed by atoms with E-state index in [9.17, 15) is 18.0 Å². The molecule has 0 heterocycles. The molecule has 0 atom stereocenters. The summed E-state index contributed by atoms with van der Waals surface area (Å²) >= 11 is 0. The number of nitrogens with zero attached hydrogens (tertiary/aromatic N) is 1. The van der Waals surface area contributed by atoms with Crippen LogP contribution in [0.2, 0.25) is 0 Å². The number of alkyl halides is 3. The molecule has 0 aliphatic heterocycles. The fraction of sp³-hybridized carbons (Fsp3) is 0.438. The highest BCUT2D eigenvalue weighted by atomic mass is 19.4. The number of amides is 1. The van der Waals surface area contributed by atoms with Crippen LogP contribution in [0, 0.1) is 0 Å². The van der Waals surface area contributed by atoms with Gasteiger partial charge in [-0.15, -0.1) is 0 Å². The van der Waals surface area contributed by atoms with Gasteiger partial charge in [0, 0.05) is 19.2 Å². The maximum Gasteiger partial charge on any atom is 0.410 e. The van der Waals surface area contributed by atoms with E-state index in [2.05, 4.69) is 0 Å². The largest absolute Gasteiger partial charge is 0.410 e. The van der Waals surface area contributed by atoms with Crippen LogP contribution < -0.4 is 0 Å². The maximum atomic E-state index is 12.8. The highest BCUT2D eigenvalue weighted by Crippen LogP contribution is 2.28. The lowest BCUT2D eigenvalue weighted by Crippen LogP contribution is -2.32. The molecule has 116 valence electrons. The predicted octanol–water partition coefficient (Wildman–Crippen LogP) is 4.06. The zero-order valence-corrected chi connectivity index (χ0v) is 12.5. The Kier molecular flexibility index (Phi) is 6.00. The third-order valence-corrected chi connectivity index (χ3v) is 3.28. The lowest BCUT2D eigenvalue weighted by Gasteiger charge is -2.22. The van der Waals surface area contributed by atoms with Crippen molar-refractivity contribution in [2.24, 2.45) is 0 Å². The van der Waals surface area contributed by atoms with E-state index in [1.807, 2.05) is 6.92 Å². The second-order valence-electron chi connectivity index (χ2n) is 4.59. The molecule has 0 saturated carbocycles. The average Bonchev–Trinajstić information content (AvgIpc) is 2.45. The standard InChI is InChI=1S/C16H20F3NO/c1-4-12-9-7-8-10-13(12)14(11-16(17,18)19)15(21)20(5-2)6-3/h7-11H,4-6H2,1-3H3/b14-11-. The molecule has 1 aromatic carbocycles. The second-order valence-corrected chi connectivity index (χ2v) is 4.59. The zero-order valence-electron chi connectivity index (χ0n) is 12.5. The van der Waals surface area contributed by atoms with E-state index >= 15 is 0 Å². The summed E-state index contributed by atoms with van der Waals surface area (Å²) < 4.78 is 38.4. The van der Waals surface area contributed by atoms with Crippen molar-refractivity contribution in [3.05, 3.63) is 41.5 Å². The third-order valence-electron chi connectivity index (χ3n) is 3.28. The highest BCUT2D eigenvalue weighted by molar-refractivity contribution is 6.20. The highest BCUT2D eigenvalue weighted by Gasteiger charge is 2.29. The number of allylic oxidation sites excluding steroid dienone is 1. The summed E-state index contributed by atoms with van der Waals surface area (Å²) in [4.78, 5) is 13.8. The number of rotatable bonds is 5. The molecule has 0 bridgehead atoms. The molecule has 0 fully saturated rings. The van der Waals surface area contributed by atoms with Crippen molar-refractivity contribution in [1.29, 1.82) is 0 Å². The molecule has 0 unspecified atom stereocenters. The molecule has 0 saturated heterocycles. The van der Waals surface area contributed by atoms with E-state index < -0.39 is 12.1 Å². The Bertz CT molecular complexity index is 516. The van der Waals surface area contributed by atoms with Crippen molar-refractivity contribution in [1.82, 2.24) is 4.90 Å². The Labute approximate surface area is 123 Å². The number of likely N-dealkylation sites (N-methyl/N-ethyl adjacent to an activating group) is 1. The minimum atomic E-state index is -4.53. The first kappa shape index (κ1) is 17.3. The third kappa shape index (κ3) is 4.62. The topological polar surface area (TPSA) is 20.3 Å². The van der Waals surface area contributed by atoms with E-state index in [1.54, 1.807) is 38.1 Å². The molecule has 0 spiro atoms. The number of aryl methyl sites for hydroxylation is 1. The average molecular weight is 299 g/mol. The molecule has 0 aliphatic carbocycles. The smallest absolute Gasteiger partial charge is 0.339 e. The number of halogens is 3. The van der Waals surface area contributed by atoms with Crippen molar-refractivity contribution in [3.8, 4) is 0 Å². The molecular weight excluding hydrogens is 279 g/mol. The molecule has 1 rings (SSSR count). The van der Waals surface area contributed by atoms with Gasteiger partial charge >= 0.3 is 6.18 Å². The number of benzene rings is 1. The Morgan fingerprint density at radius 1 is 1.14 bits per heavy atom. The summed E-state index contributed by atoms with van der Waals surface area (Å²) in [7, 11) is 0. The SMILES string of the molecule is CCc1ccccc1/C(=C/C(F)(F)F)C(=O)N(CC)CC. The van der Waals surface area contributed by atoms with Crippen molar-refractivity contribution in [2.45, 2.75) is 33.4 Å². The van der Waals surface area contributed by atoms with Crippen molar-refractivity contribution < 1.29 is 18.0 Å².